The van der Waals surface area contributed by atoms with Gasteiger partial charge in [0.05, 0.1) is 0 Å². The molecule has 0 unspecified atom stereocenters. The quantitative estimate of drug-likeness (QED) is 0.216. The molecular formula is C22H48O2SiSn. The fourth-order valence-corrected chi connectivity index (χ4v) is 22.9. The minimum atomic E-state index is -2.47. The second kappa shape index (κ2) is 15.6. The first-order valence-corrected chi connectivity index (χ1v) is 21.5. The minimum absolute atomic E-state index is 0.287. The molecule has 156 valence electrons. The number of unbranched alkanes of at least 4 members (excludes halogenated alkanes) is 3. The zero-order valence-electron chi connectivity index (χ0n) is 18.8. The second-order valence-electron chi connectivity index (χ2n) is 8.03. The molecule has 26 heavy (non-hydrogen) atoms. The monoisotopic (exact) mass is 492 g/mol. The van der Waals surface area contributed by atoms with E-state index in [0.29, 0.717) is 0 Å². The van der Waals surface area contributed by atoms with Gasteiger partial charge in [-0.15, -0.1) is 0 Å². The Hall–Kier alpha value is 0.676. The van der Waals surface area contributed by atoms with Gasteiger partial charge >= 0.3 is 171 Å². The Morgan fingerprint density at radius 2 is 1.23 bits per heavy atom. The maximum atomic E-state index is 10.3. The van der Waals surface area contributed by atoms with Crippen molar-refractivity contribution < 1.29 is 9.53 Å². The summed E-state index contributed by atoms with van der Waals surface area (Å²) < 4.78 is 12.3. The Morgan fingerprint density at radius 3 is 1.54 bits per heavy atom. The van der Waals surface area contributed by atoms with E-state index < -0.39 is 26.7 Å². The molecule has 0 atom stereocenters. The van der Waals surface area contributed by atoms with Crippen LogP contribution in [0.25, 0.3) is 0 Å². The summed E-state index contributed by atoms with van der Waals surface area (Å²) in [6.07, 6.45) is 10.2. The van der Waals surface area contributed by atoms with Crippen molar-refractivity contribution in [1.82, 2.24) is 0 Å². The Labute approximate surface area is 170 Å². The third-order valence-electron chi connectivity index (χ3n) is 6.53. The first kappa shape index (κ1) is 26.7. The summed E-state index contributed by atoms with van der Waals surface area (Å²) >= 11 is -2.47. The number of aliphatic hydroxyl groups is 1. The number of aliphatic hydroxyl groups excluding tert-OH is 1. The standard InChI is InChI=1S/C10H21O2Si.3C4H9.Sn/c1-4-13(5-2,6-3)12-10-8-7-9-11;3*1-3-4-2;/h8,11H,4-6,9-10H2,1-3H3;3*1,3-4H2,2H3;. The predicted octanol–water partition coefficient (Wildman–Crippen LogP) is 7.32. The molecule has 1 N–H and O–H groups in total. The summed E-state index contributed by atoms with van der Waals surface area (Å²) in [7, 11) is -1.54. The molecule has 0 saturated heterocycles. The van der Waals surface area contributed by atoms with E-state index in [1.807, 2.05) is 0 Å². The van der Waals surface area contributed by atoms with Gasteiger partial charge in [-0.3, -0.25) is 0 Å². The van der Waals surface area contributed by atoms with Gasteiger partial charge in [0.2, 0.25) is 0 Å². The molecule has 0 aliphatic carbocycles. The van der Waals surface area contributed by atoms with Crippen LogP contribution in [-0.2, 0) is 4.43 Å². The molecule has 0 aromatic heterocycles. The van der Waals surface area contributed by atoms with Gasteiger partial charge < -0.3 is 0 Å². The third kappa shape index (κ3) is 8.79. The van der Waals surface area contributed by atoms with Crippen LogP contribution >= 0.6 is 0 Å². The van der Waals surface area contributed by atoms with Gasteiger partial charge in [0.15, 0.2) is 0 Å². The van der Waals surface area contributed by atoms with Gasteiger partial charge in [0, 0.05) is 0 Å². The molecule has 0 aliphatic rings. The van der Waals surface area contributed by atoms with E-state index in [4.69, 9.17) is 4.43 Å². The van der Waals surface area contributed by atoms with Crippen molar-refractivity contribution >= 4 is 26.7 Å². The molecule has 0 amide bonds. The Kier molecular flexibility index (Phi) is 16.0. The summed E-state index contributed by atoms with van der Waals surface area (Å²) in [6.45, 7) is 14.9. The van der Waals surface area contributed by atoms with Gasteiger partial charge in [-0.1, -0.05) is 0 Å². The van der Waals surface area contributed by atoms with Crippen molar-refractivity contribution in [3.8, 4) is 0 Å². The van der Waals surface area contributed by atoms with Crippen molar-refractivity contribution in [3.63, 3.8) is 0 Å². The van der Waals surface area contributed by atoms with Crippen LogP contribution in [0.2, 0.25) is 31.4 Å². The van der Waals surface area contributed by atoms with E-state index in [1.54, 1.807) is 0 Å². The molecule has 0 radical (unpaired) electrons. The summed E-state index contributed by atoms with van der Waals surface area (Å²) in [4.78, 5) is 0. The molecule has 0 bridgehead atoms. The van der Waals surface area contributed by atoms with Crippen molar-refractivity contribution in [1.29, 1.82) is 0 Å². The van der Waals surface area contributed by atoms with E-state index in [0.717, 1.165) is 6.61 Å². The van der Waals surface area contributed by atoms with Crippen molar-refractivity contribution in [2.75, 3.05) is 13.2 Å². The van der Waals surface area contributed by atoms with E-state index >= 15 is 0 Å². The first-order valence-electron chi connectivity index (χ1n) is 11.5. The van der Waals surface area contributed by atoms with Crippen LogP contribution in [0.1, 0.15) is 80.1 Å². The molecule has 0 rings (SSSR count). The van der Waals surface area contributed by atoms with E-state index in [-0.39, 0.29) is 6.61 Å². The molecule has 0 aromatic rings. The molecule has 4 heteroatoms. The Bertz CT molecular complexity index is 337. The van der Waals surface area contributed by atoms with Crippen LogP contribution < -0.4 is 0 Å². The molecule has 0 spiro atoms. The first-order chi connectivity index (χ1) is 12.5. The number of hydrogen-bond acceptors (Lipinski definition) is 2. The average molecular weight is 491 g/mol. The van der Waals surface area contributed by atoms with Crippen LogP contribution in [0.3, 0.4) is 0 Å². The van der Waals surface area contributed by atoms with E-state index in [2.05, 4.69) is 47.6 Å². The van der Waals surface area contributed by atoms with Crippen LogP contribution in [-0.4, -0.2) is 45.0 Å². The molecular weight excluding hydrogens is 443 g/mol. The Balaban J connectivity index is 5.44. The fraction of sp³-hybridized carbons (Fsp3) is 0.909. The van der Waals surface area contributed by atoms with E-state index in [1.165, 1.54) is 73.6 Å². The van der Waals surface area contributed by atoms with Gasteiger partial charge in [0.1, 0.15) is 0 Å². The maximum absolute atomic E-state index is 10.3. The normalized spacial score (nSPS) is 13.4. The van der Waals surface area contributed by atoms with Crippen LogP contribution in [0, 0.1) is 0 Å². The predicted molar refractivity (Wildman–Crippen MR) is 123 cm³/mol. The summed E-state index contributed by atoms with van der Waals surface area (Å²) in [6, 6.07) is 3.62. The van der Waals surface area contributed by atoms with Crippen molar-refractivity contribution in [2.45, 2.75) is 112 Å². The molecule has 0 heterocycles. The molecule has 0 aromatic carbocycles. The molecule has 2 nitrogen and oxygen atoms in total. The van der Waals surface area contributed by atoms with Crippen molar-refractivity contribution in [3.05, 3.63) is 9.67 Å². The SMILES string of the molecule is CCC[CH2][Sn]([CH2]CCC)([CH2]CCC)/[C](=C/CO[Si](CC)(CC)CC)CO. The average Bonchev–Trinajstić information content (AvgIpc) is 2.69. The van der Waals surface area contributed by atoms with Crippen LogP contribution in [0.15, 0.2) is 9.67 Å². The fourth-order valence-electron chi connectivity index (χ4n) is 4.23. The van der Waals surface area contributed by atoms with Gasteiger partial charge in [-0.05, 0) is 0 Å². The third-order valence-corrected chi connectivity index (χ3v) is 27.3. The van der Waals surface area contributed by atoms with E-state index in [9.17, 15) is 5.11 Å². The molecule has 0 aliphatic heterocycles. The molecule has 0 fully saturated rings. The van der Waals surface area contributed by atoms with Gasteiger partial charge in [0.25, 0.3) is 0 Å². The topological polar surface area (TPSA) is 29.5 Å². The van der Waals surface area contributed by atoms with Crippen LogP contribution in [0.4, 0.5) is 0 Å². The zero-order valence-corrected chi connectivity index (χ0v) is 22.7. The second-order valence-corrected chi connectivity index (χ2v) is 26.2. The Morgan fingerprint density at radius 1 is 0.808 bits per heavy atom. The molecule has 0 saturated carbocycles. The summed E-state index contributed by atoms with van der Waals surface area (Å²) in [5.41, 5.74) is 0. The number of rotatable bonds is 17. The summed E-state index contributed by atoms with van der Waals surface area (Å²) in [5.74, 6) is 0. The number of hydrogen-bond donors (Lipinski definition) is 1. The summed E-state index contributed by atoms with van der Waals surface area (Å²) in [5, 5.41) is 10.3. The van der Waals surface area contributed by atoms with Gasteiger partial charge in [-0.2, -0.15) is 0 Å². The van der Waals surface area contributed by atoms with Crippen molar-refractivity contribution in [2.24, 2.45) is 0 Å². The van der Waals surface area contributed by atoms with Crippen LogP contribution in [0.5, 0.6) is 0 Å². The van der Waals surface area contributed by atoms with Gasteiger partial charge in [-0.25, -0.2) is 0 Å². The zero-order chi connectivity index (χ0) is 19.9.